The van der Waals surface area contributed by atoms with Crippen LogP contribution in [0.1, 0.15) is 16.7 Å². The number of nitrogens with zero attached hydrogens (tertiary/aromatic N) is 1. The molecule has 0 bridgehead atoms. The van der Waals surface area contributed by atoms with Crippen LogP contribution >= 0.6 is 11.8 Å². The fourth-order valence-corrected chi connectivity index (χ4v) is 4.38. The number of esters is 1. The quantitative estimate of drug-likeness (QED) is 0.240. The second-order valence-corrected chi connectivity index (χ2v) is 7.95. The van der Waals surface area contributed by atoms with Gasteiger partial charge in [0.05, 0.1) is 17.8 Å². The van der Waals surface area contributed by atoms with E-state index in [0.717, 1.165) is 38.3 Å². The van der Waals surface area contributed by atoms with Gasteiger partial charge < -0.3 is 9.72 Å². The van der Waals surface area contributed by atoms with Crippen molar-refractivity contribution in [3.63, 3.8) is 0 Å². The van der Waals surface area contributed by atoms with Crippen molar-refractivity contribution in [3.05, 3.63) is 102 Å². The van der Waals surface area contributed by atoms with Crippen molar-refractivity contribution in [2.75, 3.05) is 13.4 Å². The second-order valence-electron chi connectivity index (χ2n) is 7.14. The Hall–Kier alpha value is -3.31. The van der Waals surface area contributed by atoms with Gasteiger partial charge in [0, 0.05) is 28.5 Å². The Kier molecular flexibility index (Phi) is 6.53. The number of benzene rings is 3. The molecule has 0 radical (unpaired) electrons. The topological polar surface area (TPSA) is 54.5 Å². The van der Waals surface area contributed by atoms with Crippen LogP contribution < -0.4 is 0 Å². The average Bonchev–Trinajstić information content (AvgIpc) is 3.19. The molecule has 1 N–H and O–H groups in total. The van der Waals surface area contributed by atoms with Gasteiger partial charge in [0.15, 0.2) is 6.04 Å². The number of aliphatic imine (C=N–C) groups is 1. The minimum atomic E-state index is -0.662. The van der Waals surface area contributed by atoms with Crippen molar-refractivity contribution < 1.29 is 9.53 Å². The van der Waals surface area contributed by atoms with Gasteiger partial charge in [0.1, 0.15) is 0 Å². The zero-order valence-corrected chi connectivity index (χ0v) is 18.4. The zero-order valence-electron chi connectivity index (χ0n) is 17.5. The Labute approximate surface area is 186 Å². The van der Waals surface area contributed by atoms with E-state index in [0.29, 0.717) is 6.42 Å². The minimum Gasteiger partial charge on any atom is -0.467 e. The molecule has 0 fully saturated rings. The first-order chi connectivity index (χ1) is 15.2. The third-order valence-electron chi connectivity index (χ3n) is 5.23. The molecule has 0 aliphatic carbocycles. The number of rotatable bonds is 7. The molecule has 0 saturated heterocycles. The lowest BCUT2D eigenvalue weighted by Crippen LogP contribution is -2.25. The highest BCUT2D eigenvalue weighted by Crippen LogP contribution is 2.30. The molecule has 0 amide bonds. The Morgan fingerprint density at radius 1 is 0.935 bits per heavy atom. The van der Waals surface area contributed by atoms with Crippen LogP contribution in [0.5, 0.6) is 0 Å². The normalized spacial score (nSPS) is 11.8. The summed E-state index contributed by atoms with van der Waals surface area (Å²) in [6, 6.07) is 27.4. The number of nitrogens with one attached hydrogen (secondary N) is 1. The maximum Gasteiger partial charge on any atom is 0.330 e. The highest BCUT2D eigenvalue weighted by atomic mass is 32.2. The smallest absolute Gasteiger partial charge is 0.330 e. The van der Waals surface area contributed by atoms with E-state index in [-0.39, 0.29) is 5.97 Å². The van der Waals surface area contributed by atoms with E-state index >= 15 is 0 Å². The molecule has 1 atom stereocenters. The third-order valence-corrected chi connectivity index (χ3v) is 5.99. The van der Waals surface area contributed by atoms with Crippen molar-refractivity contribution in [2.24, 2.45) is 4.99 Å². The van der Waals surface area contributed by atoms with Crippen LogP contribution in [-0.2, 0) is 16.0 Å². The van der Waals surface area contributed by atoms with E-state index in [1.165, 1.54) is 7.11 Å². The Balaban J connectivity index is 1.82. The van der Waals surface area contributed by atoms with Gasteiger partial charge in [0.2, 0.25) is 0 Å². The number of hydrogen-bond acceptors (Lipinski definition) is 4. The number of ether oxygens (including phenoxy) is 1. The van der Waals surface area contributed by atoms with Crippen LogP contribution in [0, 0.1) is 0 Å². The molecule has 0 spiro atoms. The van der Waals surface area contributed by atoms with Crippen molar-refractivity contribution >= 4 is 34.3 Å². The molecular weight excluding hydrogens is 404 g/mol. The standard InChI is InChI=1S/C26H24N2O2S/c1-30-26(29)23(17-21-20-15-9-10-16-22(20)28-25(21)31-2)27-24(18-11-5-3-6-12-18)19-13-7-4-8-14-19/h3-16,23,28H,17H2,1-2H3/t23-/m0/s1. The predicted octanol–water partition coefficient (Wildman–Crippen LogP) is 5.51. The van der Waals surface area contributed by atoms with Crippen molar-refractivity contribution in [1.29, 1.82) is 0 Å². The number of H-pyrrole nitrogens is 1. The second kappa shape index (κ2) is 9.67. The molecule has 4 aromatic rings. The molecule has 3 aromatic carbocycles. The molecule has 5 heteroatoms. The molecule has 1 aromatic heterocycles. The molecular formula is C26H24N2O2S. The van der Waals surface area contributed by atoms with Crippen LogP contribution in [-0.4, -0.2) is 36.1 Å². The summed E-state index contributed by atoms with van der Waals surface area (Å²) in [6.07, 6.45) is 2.49. The maximum atomic E-state index is 12.8. The Bertz CT molecular complexity index is 1160. The van der Waals surface area contributed by atoms with Gasteiger partial charge in [-0.05, 0) is 17.9 Å². The van der Waals surface area contributed by atoms with E-state index in [2.05, 4.69) is 11.1 Å². The molecule has 0 unspecified atom stereocenters. The highest BCUT2D eigenvalue weighted by Gasteiger charge is 2.24. The number of fused-ring (bicyclic) bond motifs is 1. The van der Waals surface area contributed by atoms with E-state index < -0.39 is 6.04 Å². The number of aromatic nitrogens is 1. The number of para-hydroxylation sites is 1. The molecule has 0 aliphatic rings. The minimum absolute atomic E-state index is 0.346. The predicted molar refractivity (Wildman–Crippen MR) is 128 cm³/mol. The number of carbonyl (C=O) groups excluding carboxylic acids is 1. The Morgan fingerprint density at radius 2 is 1.52 bits per heavy atom. The SMILES string of the molecule is COC(=O)[C@H](Cc1c(SC)[nH]c2ccccc12)N=C(c1ccccc1)c1ccccc1. The van der Waals surface area contributed by atoms with E-state index in [9.17, 15) is 4.79 Å². The van der Waals surface area contributed by atoms with Crippen LogP contribution in [0.15, 0.2) is 94.9 Å². The van der Waals surface area contributed by atoms with Gasteiger partial charge in [-0.2, -0.15) is 0 Å². The van der Waals surface area contributed by atoms with Gasteiger partial charge in [-0.25, -0.2) is 4.79 Å². The first-order valence-electron chi connectivity index (χ1n) is 10.1. The van der Waals surface area contributed by atoms with Crippen molar-refractivity contribution in [2.45, 2.75) is 17.5 Å². The lowest BCUT2D eigenvalue weighted by atomic mass is 10.0. The van der Waals surface area contributed by atoms with Gasteiger partial charge in [0.25, 0.3) is 0 Å². The van der Waals surface area contributed by atoms with E-state index in [4.69, 9.17) is 9.73 Å². The summed E-state index contributed by atoms with van der Waals surface area (Å²) in [5.41, 5.74) is 4.85. The summed E-state index contributed by atoms with van der Waals surface area (Å²) >= 11 is 1.64. The maximum absolute atomic E-state index is 12.8. The first kappa shape index (κ1) is 20.9. The summed E-state index contributed by atoms with van der Waals surface area (Å²) < 4.78 is 5.16. The molecule has 31 heavy (non-hydrogen) atoms. The summed E-state index contributed by atoms with van der Waals surface area (Å²) in [5, 5.41) is 2.16. The third kappa shape index (κ3) is 4.57. The molecule has 0 saturated carbocycles. The van der Waals surface area contributed by atoms with E-state index in [1.807, 2.05) is 85.1 Å². The van der Waals surface area contributed by atoms with E-state index in [1.54, 1.807) is 11.8 Å². The molecule has 4 rings (SSSR count). The fraction of sp³-hybridized carbons (Fsp3) is 0.154. The first-order valence-corrected chi connectivity index (χ1v) is 11.3. The van der Waals surface area contributed by atoms with Crippen LogP contribution in [0.25, 0.3) is 10.9 Å². The number of methoxy groups -OCH3 is 1. The fourth-order valence-electron chi connectivity index (χ4n) is 3.73. The van der Waals surface area contributed by atoms with Crippen LogP contribution in [0.3, 0.4) is 0 Å². The molecule has 0 aliphatic heterocycles. The Morgan fingerprint density at radius 3 is 2.10 bits per heavy atom. The van der Waals surface area contributed by atoms with Crippen molar-refractivity contribution in [3.8, 4) is 0 Å². The largest absolute Gasteiger partial charge is 0.467 e. The number of thioether (sulfide) groups is 1. The van der Waals surface area contributed by atoms with Crippen LogP contribution in [0.2, 0.25) is 0 Å². The van der Waals surface area contributed by atoms with Gasteiger partial charge in [-0.1, -0.05) is 78.9 Å². The summed E-state index contributed by atoms with van der Waals surface area (Å²) in [6.45, 7) is 0. The molecule has 156 valence electrons. The summed E-state index contributed by atoms with van der Waals surface area (Å²) in [5.74, 6) is -0.346. The zero-order chi connectivity index (χ0) is 21.6. The summed E-state index contributed by atoms with van der Waals surface area (Å²) in [4.78, 5) is 21.2. The highest BCUT2D eigenvalue weighted by molar-refractivity contribution is 7.98. The summed E-state index contributed by atoms with van der Waals surface area (Å²) in [7, 11) is 1.42. The number of hydrogen-bond donors (Lipinski definition) is 1. The van der Waals surface area contributed by atoms with Gasteiger partial charge in [-0.15, -0.1) is 11.8 Å². The number of carbonyl (C=O) groups is 1. The molecule has 1 heterocycles. The monoisotopic (exact) mass is 428 g/mol. The van der Waals surface area contributed by atoms with Gasteiger partial charge in [-0.3, -0.25) is 4.99 Å². The lowest BCUT2D eigenvalue weighted by molar-refractivity contribution is -0.142. The molecule has 4 nitrogen and oxygen atoms in total. The number of aromatic amines is 1. The van der Waals surface area contributed by atoms with Crippen LogP contribution in [0.4, 0.5) is 0 Å². The van der Waals surface area contributed by atoms with Crippen molar-refractivity contribution in [1.82, 2.24) is 4.98 Å². The van der Waals surface area contributed by atoms with Gasteiger partial charge >= 0.3 is 5.97 Å². The lowest BCUT2D eigenvalue weighted by Gasteiger charge is -2.15. The average molecular weight is 429 g/mol.